The molecule has 3 rings (SSSR count). The van der Waals surface area contributed by atoms with E-state index in [0.717, 1.165) is 43.2 Å². The van der Waals surface area contributed by atoms with E-state index in [0.29, 0.717) is 6.61 Å². The summed E-state index contributed by atoms with van der Waals surface area (Å²) in [5.41, 5.74) is 5.92. The van der Waals surface area contributed by atoms with Crippen LogP contribution in [-0.4, -0.2) is 27.4 Å². The standard InChI is InChI=1S/C14H18N4O/c15-11-6-7-14-16-13(17-18(14)10-11)8-9-19-12-4-2-1-3-5-12/h1-5,11H,6-10,15H2. The number of ether oxygens (including phenoxy) is 1. The van der Waals surface area contributed by atoms with E-state index >= 15 is 0 Å². The molecule has 2 N–H and O–H groups in total. The molecule has 1 aliphatic heterocycles. The van der Waals surface area contributed by atoms with Crippen molar-refractivity contribution < 1.29 is 4.74 Å². The second-order valence-corrected chi connectivity index (χ2v) is 4.84. The fourth-order valence-corrected chi connectivity index (χ4v) is 2.27. The van der Waals surface area contributed by atoms with Gasteiger partial charge in [-0.3, -0.25) is 0 Å². The first-order valence-electron chi connectivity index (χ1n) is 6.67. The van der Waals surface area contributed by atoms with Gasteiger partial charge in [0.05, 0.1) is 13.2 Å². The van der Waals surface area contributed by atoms with E-state index in [-0.39, 0.29) is 6.04 Å². The Kier molecular flexibility index (Phi) is 3.46. The van der Waals surface area contributed by atoms with Gasteiger partial charge >= 0.3 is 0 Å². The summed E-state index contributed by atoms with van der Waals surface area (Å²) in [4.78, 5) is 4.53. The highest BCUT2D eigenvalue weighted by molar-refractivity contribution is 5.20. The first kappa shape index (κ1) is 12.2. The number of fused-ring (bicyclic) bond motifs is 1. The monoisotopic (exact) mass is 258 g/mol. The number of hydrogen-bond acceptors (Lipinski definition) is 4. The van der Waals surface area contributed by atoms with Crippen molar-refractivity contribution >= 4 is 0 Å². The lowest BCUT2D eigenvalue weighted by Crippen LogP contribution is -2.32. The molecule has 19 heavy (non-hydrogen) atoms. The van der Waals surface area contributed by atoms with Crippen molar-refractivity contribution in [1.82, 2.24) is 14.8 Å². The normalized spacial score (nSPS) is 18.1. The van der Waals surface area contributed by atoms with Gasteiger partial charge in [0.15, 0.2) is 5.82 Å². The van der Waals surface area contributed by atoms with Crippen LogP contribution >= 0.6 is 0 Å². The van der Waals surface area contributed by atoms with Gasteiger partial charge < -0.3 is 10.5 Å². The molecule has 0 saturated carbocycles. The number of rotatable bonds is 4. The van der Waals surface area contributed by atoms with E-state index in [2.05, 4.69) is 10.1 Å². The lowest BCUT2D eigenvalue weighted by atomic mass is 10.1. The van der Waals surface area contributed by atoms with Crippen LogP contribution in [0.1, 0.15) is 18.1 Å². The van der Waals surface area contributed by atoms with Crippen molar-refractivity contribution in [1.29, 1.82) is 0 Å². The number of hydrogen-bond donors (Lipinski definition) is 1. The van der Waals surface area contributed by atoms with Crippen LogP contribution in [0.4, 0.5) is 0 Å². The van der Waals surface area contributed by atoms with Crippen LogP contribution in [0.2, 0.25) is 0 Å². The maximum absolute atomic E-state index is 5.92. The highest BCUT2D eigenvalue weighted by Gasteiger charge is 2.18. The Morgan fingerprint density at radius 2 is 2.16 bits per heavy atom. The van der Waals surface area contributed by atoms with Crippen LogP contribution in [0.25, 0.3) is 0 Å². The van der Waals surface area contributed by atoms with Crippen molar-refractivity contribution in [2.45, 2.75) is 31.8 Å². The molecule has 0 spiro atoms. The Hall–Kier alpha value is -1.88. The van der Waals surface area contributed by atoms with Gasteiger partial charge in [0, 0.05) is 18.9 Å². The zero-order valence-electron chi connectivity index (χ0n) is 10.8. The van der Waals surface area contributed by atoms with Gasteiger partial charge in [0.1, 0.15) is 11.6 Å². The lowest BCUT2D eigenvalue weighted by Gasteiger charge is -2.17. The van der Waals surface area contributed by atoms with E-state index in [1.807, 2.05) is 35.0 Å². The summed E-state index contributed by atoms with van der Waals surface area (Å²) in [6, 6.07) is 10.0. The summed E-state index contributed by atoms with van der Waals surface area (Å²) in [7, 11) is 0. The SMILES string of the molecule is NC1CCc2nc(CCOc3ccccc3)nn2C1. The van der Waals surface area contributed by atoms with Crippen molar-refractivity contribution in [3.05, 3.63) is 42.0 Å². The minimum atomic E-state index is 0.211. The molecule has 0 fully saturated rings. The molecule has 0 bridgehead atoms. The van der Waals surface area contributed by atoms with Crippen LogP contribution in [0, 0.1) is 0 Å². The maximum atomic E-state index is 5.92. The van der Waals surface area contributed by atoms with Crippen molar-refractivity contribution in [2.24, 2.45) is 5.73 Å². The van der Waals surface area contributed by atoms with Gasteiger partial charge in [0.2, 0.25) is 0 Å². The summed E-state index contributed by atoms with van der Waals surface area (Å²) in [5.74, 6) is 2.78. The molecule has 0 saturated heterocycles. The number of benzene rings is 1. The fourth-order valence-electron chi connectivity index (χ4n) is 2.27. The average Bonchev–Trinajstić information content (AvgIpc) is 2.82. The lowest BCUT2D eigenvalue weighted by molar-refractivity contribution is 0.318. The number of aryl methyl sites for hydroxylation is 1. The second-order valence-electron chi connectivity index (χ2n) is 4.84. The second kappa shape index (κ2) is 5.40. The Bertz CT molecular complexity index is 538. The summed E-state index contributed by atoms with van der Waals surface area (Å²) in [6.45, 7) is 1.38. The van der Waals surface area contributed by atoms with Gasteiger partial charge in [-0.1, -0.05) is 18.2 Å². The third-order valence-electron chi connectivity index (χ3n) is 3.28. The minimum absolute atomic E-state index is 0.211. The highest BCUT2D eigenvalue weighted by atomic mass is 16.5. The zero-order chi connectivity index (χ0) is 13.1. The molecular weight excluding hydrogens is 240 g/mol. The van der Waals surface area contributed by atoms with E-state index in [1.54, 1.807) is 0 Å². The largest absolute Gasteiger partial charge is 0.493 e. The Labute approximate surface area is 112 Å². The predicted octanol–water partition coefficient (Wildman–Crippen LogP) is 1.17. The summed E-state index contributed by atoms with van der Waals surface area (Å²) in [5, 5.41) is 4.48. The van der Waals surface area contributed by atoms with Crippen LogP contribution < -0.4 is 10.5 Å². The predicted molar refractivity (Wildman–Crippen MR) is 72.0 cm³/mol. The van der Waals surface area contributed by atoms with Crippen molar-refractivity contribution in [3.63, 3.8) is 0 Å². The number of nitrogens with two attached hydrogens (primary N) is 1. The minimum Gasteiger partial charge on any atom is -0.493 e. The molecule has 1 aromatic carbocycles. The van der Waals surface area contributed by atoms with Crippen LogP contribution in [-0.2, 0) is 19.4 Å². The molecule has 100 valence electrons. The molecule has 1 aliphatic rings. The maximum Gasteiger partial charge on any atom is 0.154 e. The molecule has 1 atom stereocenters. The first-order chi connectivity index (χ1) is 9.31. The molecule has 5 nitrogen and oxygen atoms in total. The summed E-state index contributed by atoms with van der Waals surface area (Å²) in [6.07, 6.45) is 2.65. The Morgan fingerprint density at radius 3 is 3.00 bits per heavy atom. The topological polar surface area (TPSA) is 66.0 Å². The quantitative estimate of drug-likeness (QED) is 0.894. The fraction of sp³-hybridized carbons (Fsp3) is 0.429. The molecular formula is C14H18N4O. The highest BCUT2D eigenvalue weighted by Crippen LogP contribution is 2.12. The van der Waals surface area contributed by atoms with Crippen molar-refractivity contribution in [2.75, 3.05) is 6.61 Å². The van der Waals surface area contributed by atoms with E-state index in [9.17, 15) is 0 Å². The smallest absolute Gasteiger partial charge is 0.154 e. The van der Waals surface area contributed by atoms with Crippen LogP contribution in [0.5, 0.6) is 5.75 Å². The molecule has 5 heteroatoms. The first-order valence-corrected chi connectivity index (χ1v) is 6.67. The summed E-state index contributed by atoms with van der Waals surface area (Å²) >= 11 is 0. The van der Waals surface area contributed by atoms with Crippen LogP contribution in [0.3, 0.4) is 0 Å². The molecule has 2 aromatic rings. The molecule has 1 aromatic heterocycles. The number of aromatic nitrogens is 3. The zero-order valence-corrected chi connectivity index (χ0v) is 10.8. The molecule has 0 radical (unpaired) electrons. The van der Waals surface area contributed by atoms with E-state index in [1.165, 1.54) is 0 Å². The van der Waals surface area contributed by atoms with Gasteiger partial charge in [-0.15, -0.1) is 0 Å². The molecule has 2 heterocycles. The Balaban J connectivity index is 1.56. The molecule has 1 unspecified atom stereocenters. The van der Waals surface area contributed by atoms with E-state index < -0.39 is 0 Å². The Morgan fingerprint density at radius 1 is 1.32 bits per heavy atom. The van der Waals surface area contributed by atoms with E-state index in [4.69, 9.17) is 10.5 Å². The van der Waals surface area contributed by atoms with Gasteiger partial charge in [-0.05, 0) is 18.6 Å². The summed E-state index contributed by atoms with van der Waals surface area (Å²) < 4.78 is 7.59. The van der Waals surface area contributed by atoms with Crippen LogP contribution in [0.15, 0.2) is 30.3 Å². The third-order valence-corrected chi connectivity index (χ3v) is 3.28. The number of para-hydroxylation sites is 1. The van der Waals surface area contributed by atoms with Gasteiger partial charge in [-0.25, -0.2) is 9.67 Å². The molecule has 0 amide bonds. The van der Waals surface area contributed by atoms with Gasteiger partial charge in [0.25, 0.3) is 0 Å². The number of nitrogens with zero attached hydrogens (tertiary/aromatic N) is 3. The van der Waals surface area contributed by atoms with Crippen molar-refractivity contribution in [3.8, 4) is 5.75 Å². The average molecular weight is 258 g/mol. The molecule has 0 aliphatic carbocycles. The van der Waals surface area contributed by atoms with Gasteiger partial charge in [-0.2, -0.15) is 5.10 Å². The third kappa shape index (κ3) is 2.93.